The van der Waals surface area contributed by atoms with E-state index in [1.807, 2.05) is 0 Å². The van der Waals surface area contributed by atoms with Crippen molar-refractivity contribution in [2.45, 2.75) is 39.4 Å². The van der Waals surface area contributed by atoms with Crippen molar-refractivity contribution in [1.82, 2.24) is 10.2 Å². The van der Waals surface area contributed by atoms with Gasteiger partial charge in [-0.25, -0.2) is 0 Å². The molecule has 4 heteroatoms. The third-order valence-corrected chi connectivity index (χ3v) is 4.82. The number of halogens is 1. The van der Waals surface area contributed by atoms with E-state index >= 15 is 0 Å². The van der Waals surface area contributed by atoms with Gasteiger partial charge in [-0.1, -0.05) is 42.8 Å². The van der Waals surface area contributed by atoms with Crippen molar-refractivity contribution in [3.8, 4) is 0 Å². The highest BCUT2D eigenvalue weighted by atomic mass is 79.9. The number of benzene rings is 1. The molecule has 21 heavy (non-hydrogen) atoms. The maximum Gasteiger partial charge on any atom is 0.0423 e. The van der Waals surface area contributed by atoms with Crippen LogP contribution in [-0.4, -0.2) is 44.2 Å². The Morgan fingerprint density at radius 2 is 2.05 bits per heavy atom. The van der Waals surface area contributed by atoms with Gasteiger partial charge in [0, 0.05) is 41.9 Å². The summed E-state index contributed by atoms with van der Waals surface area (Å²) in [5.74, 6) is 0.699. The number of hydrogen-bond donors (Lipinski definition) is 1. The Morgan fingerprint density at radius 1 is 1.33 bits per heavy atom. The number of anilines is 1. The highest BCUT2D eigenvalue weighted by Crippen LogP contribution is 2.31. The molecule has 0 spiro atoms. The van der Waals surface area contributed by atoms with Crippen molar-refractivity contribution in [3.05, 3.63) is 28.2 Å². The molecule has 0 radical (unpaired) electrons. The summed E-state index contributed by atoms with van der Waals surface area (Å²) in [6.45, 7) is 9.91. The molecule has 1 heterocycles. The van der Waals surface area contributed by atoms with Crippen LogP contribution in [0.5, 0.6) is 0 Å². The van der Waals surface area contributed by atoms with Crippen LogP contribution in [0.1, 0.15) is 26.3 Å². The molecule has 0 saturated carbocycles. The first-order chi connectivity index (χ1) is 9.88. The topological polar surface area (TPSA) is 18.5 Å². The Labute approximate surface area is 137 Å². The molecule has 2 atom stereocenters. The third kappa shape index (κ3) is 4.21. The molecule has 1 aromatic rings. The SMILES string of the molecule is CC(C)NCc1ccc(Br)cc1N1CC(C)C(N(C)C)C1. The first-order valence-electron chi connectivity index (χ1n) is 7.81. The Hall–Kier alpha value is -0.580. The van der Waals surface area contributed by atoms with E-state index in [0.29, 0.717) is 18.0 Å². The maximum atomic E-state index is 3.63. The van der Waals surface area contributed by atoms with Crippen LogP contribution in [0.4, 0.5) is 5.69 Å². The average molecular weight is 354 g/mol. The van der Waals surface area contributed by atoms with E-state index in [4.69, 9.17) is 0 Å². The second-order valence-corrected chi connectivity index (χ2v) is 7.64. The Morgan fingerprint density at radius 3 is 2.62 bits per heavy atom. The van der Waals surface area contributed by atoms with Crippen LogP contribution in [0.3, 0.4) is 0 Å². The Balaban J connectivity index is 2.20. The lowest BCUT2D eigenvalue weighted by atomic mass is 10.1. The van der Waals surface area contributed by atoms with Gasteiger partial charge in [-0.15, -0.1) is 0 Å². The molecule has 1 saturated heterocycles. The number of rotatable bonds is 5. The van der Waals surface area contributed by atoms with Gasteiger partial charge in [0.25, 0.3) is 0 Å². The van der Waals surface area contributed by atoms with Gasteiger partial charge in [-0.2, -0.15) is 0 Å². The number of nitrogens with one attached hydrogen (secondary N) is 1. The zero-order valence-electron chi connectivity index (χ0n) is 13.9. The molecule has 118 valence electrons. The number of likely N-dealkylation sites (N-methyl/N-ethyl adjacent to an activating group) is 1. The van der Waals surface area contributed by atoms with Crippen LogP contribution < -0.4 is 10.2 Å². The van der Waals surface area contributed by atoms with E-state index in [2.05, 4.69) is 84.1 Å². The molecule has 0 aromatic heterocycles. The first kappa shape index (κ1) is 16.8. The van der Waals surface area contributed by atoms with Crippen LogP contribution in [0.2, 0.25) is 0 Å². The van der Waals surface area contributed by atoms with Crippen LogP contribution in [0, 0.1) is 5.92 Å². The van der Waals surface area contributed by atoms with Crippen molar-refractivity contribution >= 4 is 21.6 Å². The van der Waals surface area contributed by atoms with Crippen LogP contribution in [0.25, 0.3) is 0 Å². The van der Waals surface area contributed by atoms with Crippen LogP contribution in [0.15, 0.2) is 22.7 Å². The molecule has 1 fully saturated rings. The molecule has 1 aliphatic rings. The summed E-state index contributed by atoms with van der Waals surface area (Å²) in [6, 6.07) is 7.79. The van der Waals surface area contributed by atoms with Crippen molar-refractivity contribution in [1.29, 1.82) is 0 Å². The minimum Gasteiger partial charge on any atom is -0.369 e. The van der Waals surface area contributed by atoms with E-state index in [9.17, 15) is 0 Å². The minimum absolute atomic E-state index is 0.508. The minimum atomic E-state index is 0.508. The molecular weight excluding hydrogens is 326 g/mol. The molecule has 1 N–H and O–H groups in total. The zero-order valence-corrected chi connectivity index (χ0v) is 15.4. The van der Waals surface area contributed by atoms with Gasteiger partial charge in [-0.05, 0) is 37.7 Å². The lowest BCUT2D eigenvalue weighted by molar-refractivity contribution is 0.266. The molecule has 2 rings (SSSR count). The summed E-state index contributed by atoms with van der Waals surface area (Å²) in [5.41, 5.74) is 2.76. The molecule has 1 aliphatic heterocycles. The number of hydrogen-bond acceptors (Lipinski definition) is 3. The summed E-state index contributed by atoms with van der Waals surface area (Å²) < 4.78 is 1.16. The molecule has 1 aromatic carbocycles. The fourth-order valence-electron chi connectivity index (χ4n) is 3.11. The summed E-state index contributed by atoms with van der Waals surface area (Å²) in [5, 5.41) is 3.54. The smallest absolute Gasteiger partial charge is 0.0423 e. The quantitative estimate of drug-likeness (QED) is 0.875. The third-order valence-electron chi connectivity index (χ3n) is 4.32. The van der Waals surface area contributed by atoms with Crippen LogP contribution in [-0.2, 0) is 6.54 Å². The van der Waals surface area contributed by atoms with Gasteiger partial charge in [0.1, 0.15) is 0 Å². The Bertz CT molecular complexity index is 473. The van der Waals surface area contributed by atoms with Gasteiger partial charge >= 0.3 is 0 Å². The summed E-state index contributed by atoms with van der Waals surface area (Å²) in [6.07, 6.45) is 0. The number of nitrogens with zero attached hydrogens (tertiary/aromatic N) is 2. The van der Waals surface area contributed by atoms with Gasteiger partial charge in [0.15, 0.2) is 0 Å². The van der Waals surface area contributed by atoms with Crippen molar-refractivity contribution < 1.29 is 0 Å². The monoisotopic (exact) mass is 353 g/mol. The van der Waals surface area contributed by atoms with Gasteiger partial charge in [0.05, 0.1) is 0 Å². The van der Waals surface area contributed by atoms with Crippen molar-refractivity contribution in [2.75, 3.05) is 32.1 Å². The van der Waals surface area contributed by atoms with E-state index in [1.54, 1.807) is 0 Å². The second kappa shape index (κ2) is 7.12. The van der Waals surface area contributed by atoms with E-state index in [-0.39, 0.29) is 0 Å². The molecule has 2 unspecified atom stereocenters. The van der Waals surface area contributed by atoms with Crippen molar-refractivity contribution in [3.63, 3.8) is 0 Å². The first-order valence-corrected chi connectivity index (χ1v) is 8.61. The van der Waals surface area contributed by atoms with Crippen LogP contribution >= 0.6 is 15.9 Å². The zero-order chi connectivity index (χ0) is 15.6. The normalized spacial score (nSPS) is 22.6. The highest BCUT2D eigenvalue weighted by Gasteiger charge is 2.31. The fraction of sp³-hybridized carbons (Fsp3) is 0.647. The van der Waals surface area contributed by atoms with E-state index in [0.717, 1.165) is 24.1 Å². The van der Waals surface area contributed by atoms with Gasteiger partial charge < -0.3 is 15.1 Å². The molecule has 0 bridgehead atoms. The maximum absolute atomic E-state index is 3.63. The molecule has 0 aliphatic carbocycles. The fourth-order valence-corrected chi connectivity index (χ4v) is 3.46. The van der Waals surface area contributed by atoms with E-state index in [1.165, 1.54) is 11.3 Å². The van der Waals surface area contributed by atoms with Gasteiger partial charge in [-0.3, -0.25) is 0 Å². The lowest BCUT2D eigenvalue weighted by Crippen LogP contribution is -2.34. The largest absolute Gasteiger partial charge is 0.369 e. The lowest BCUT2D eigenvalue weighted by Gasteiger charge is -2.25. The predicted octanol–water partition coefficient (Wildman–Crippen LogP) is 3.33. The summed E-state index contributed by atoms with van der Waals surface area (Å²) >= 11 is 3.63. The summed E-state index contributed by atoms with van der Waals surface area (Å²) in [7, 11) is 4.37. The Kier molecular flexibility index (Phi) is 5.69. The second-order valence-electron chi connectivity index (χ2n) is 6.72. The summed E-state index contributed by atoms with van der Waals surface area (Å²) in [4.78, 5) is 4.89. The highest BCUT2D eigenvalue weighted by molar-refractivity contribution is 9.10. The molecule has 3 nitrogen and oxygen atoms in total. The standard InChI is InChI=1S/C17H28BrN3/c1-12(2)19-9-14-6-7-15(18)8-16(14)21-10-13(3)17(11-21)20(4)5/h6-8,12-13,17,19H,9-11H2,1-5H3. The average Bonchev–Trinajstić information content (AvgIpc) is 2.79. The van der Waals surface area contributed by atoms with E-state index < -0.39 is 0 Å². The van der Waals surface area contributed by atoms with Gasteiger partial charge in [0.2, 0.25) is 0 Å². The molecular formula is C17H28BrN3. The predicted molar refractivity (Wildman–Crippen MR) is 95.0 cm³/mol. The van der Waals surface area contributed by atoms with Crippen molar-refractivity contribution in [2.24, 2.45) is 5.92 Å². The molecule has 0 amide bonds.